The summed E-state index contributed by atoms with van der Waals surface area (Å²) in [7, 11) is 0. The summed E-state index contributed by atoms with van der Waals surface area (Å²) in [5.41, 5.74) is 1.38. The minimum absolute atomic E-state index is 0.107. The van der Waals surface area contributed by atoms with E-state index in [9.17, 15) is 18.8 Å². The fraction of sp³-hybridized carbons (Fsp3) is 0.292. The first-order valence-corrected chi connectivity index (χ1v) is 10.5. The van der Waals surface area contributed by atoms with E-state index in [0.717, 1.165) is 15.8 Å². The summed E-state index contributed by atoms with van der Waals surface area (Å²) in [5, 5.41) is 0.932. The van der Waals surface area contributed by atoms with Gasteiger partial charge in [-0.3, -0.25) is 9.59 Å². The van der Waals surface area contributed by atoms with Crippen LogP contribution in [0.25, 0.3) is 10.9 Å². The number of fused-ring (bicyclic) bond motifs is 2. The first-order valence-electron chi connectivity index (χ1n) is 10.5. The van der Waals surface area contributed by atoms with Crippen LogP contribution in [0.2, 0.25) is 0 Å². The van der Waals surface area contributed by atoms with Crippen molar-refractivity contribution in [1.29, 1.82) is 0 Å². The Bertz CT molecular complexity index is 1230. The molecule has 2 aliphatic heterocycles. The lowest BCUT2D eigenvalue weighted by Crippen LogP contribution is -2.44. The van der Waals surface area contributed by atoms with Gasteiger partial charge in [0.25, 0.3) is 11.8 Å². The third kappa shape index (κ3) is 3.32. The van der Waals surface area contributed by atoms with Crippen molar-refractivity contribution in [2.45, 2.75) is 19.9 Å². The fourth-order valence-electron chi connectivity index (χ4n) is 4.65. The third-order valence-corrected chi connectivity index (χ3v) is 6.10. The summed E-state index contributed by atoms with van der Waals surface area (Å²) in [6.07, 6.45) is 1.82. The highest BCUT2D eigenvalue weighted by Gasteiger charge is 2.50. The first-order chi connectivity index (χ1) is 15.2. The van der Waals surface area contributed by atoms with E-state index >= 15 is 0 Å². The molecule has 2 fully saturated rings. The van der Waals surface area contributed by atoms with Gasteiger partial charge in [0.05, 0.1) is 12.2 Å². The Kier molecular flexibility index (Phi) is 4.54. The van der Waals surface area contributed by atoms with Gasteiger partial charge in [-0.1, -0.05) is 13.8 Å². The molecule has 1 N–H and O–H groups in total. The van der Waals surface area contributed by atoms with Gasteiger partial charge in [0, 0.05) is 41.2 Å². The number of aromatic amines is 1. The van der Waals surface area contributed by atoms with Crippen LogP contribution in [0.1, 0.15) is 24.2 Å². The number of rotatable bonds is 2. The van der Waals surface area contributed by atoms with Crippen molar-refractivity contribution in [1.82, 2.24) is 14.8 Å². The van der Waals surface area contributed by atoms with Crippen molar-refractivity contribution in [3.05, 3.63) is 66.1 Å². The summed E-state index contributed by atoms with van der Waals surface area (Å²) >= 11 is 0. The van der Waals surface area contributed by atoms with Crippen LogP contribution in [-0.4, -0.2) is 58.3 Å². The van der Waals surface area contributed by atoms with Crippen molar-refractivity contribution in [2.75, 3.05) is 24.5 Å². The van der Waals surface area contributed by atoms with Crippen molar-refractivity contribution < 1.29 is 18.8 Å². The maximum atomic E-state index is 13.4. The highest BCUT2D eigenvalue weighted by Crippen LogP contribution is 2.33. The highest BCUT2D eigenvalue weighted by molar-refractivity contribution is 6.21. The number of carbonyl (C=O) groups is 3. The Morgan fingerprint density at radius 1 is 1.06 bits per heavy atom. The van der Waals surface area contributed by atoms with E-state index in [1.54, 1.807) is 11.0 Å². The molecule has 8 heteroatoms. The zero-order valence-corrected chi connectivity index (χ0v) is 17.8. The molecular weight excluding hydrogens is 411 g/mol. The number of H-pyrrole nitrogens is 1. The van der Waals surface area contributed by atoms with E-state index < -0.39 is 29.2 Å². The van der Waals surface area contributed by atoms with Gasteiger partial charge in [0.2, 0.25) is 0 Å². The molecule has 1 unspecified atom stereocenters. The molecule has 0 radical (unpaired) electrons. The highest BCUT2D eigenvalue weighted by atomic mass is 19.1. The van der Waals surface area contributed by atoms with E-state index in [2.05, 4.69) is 4.98 Å². The molecule has 164 valence electrons. The van der Waals surface area contributed by atoms with Crippen LogP contribution in [0, 0.1) is 11.2 Å². The van der Waals surface area contributed by atoms with Crippen LogP contribution >= 0.6 is 0 Å². The summed E-state index contributed by atoms with van der Waals surface area (Å²) in [6, 6.07) is 11.4. The van der Waals surface area contributed by atoms with Crippen LogP contribution in [0.15, 0.2) is 54.7 Å². The number of aromatic nitrogens is 1. The molecular formula is C24H23FN4O3. The molecule has 3 heterocycles. The second-order valence-electron chi connectivity index (χ2n) is 9.21. The van der Waals surface area contributed by atoms with Gasteiger partial charge in [-0.2, -0.15) is 0 Å². The number of nitrogens with zero attached hydrogens (tertiary/aromatic N) is 3. The zero-order chi connectivity index (χ0) is 22.6. The Balaban J connectivity index is 1.47. The van der Waals surface area contributed by atoms with Crippen molar-refractivity contribution >= 4 is 34.4 Å². The molecule has 1 atom stereocenters. The largest absolute Gasteiger partial charge is 0.361 e. The smallest absolute Gasteiger partial charge is 0.332 e. The van der Waals surface area contributed by atoms with Gasteiger partial charge < -0.3 is 14.8 Å². The molecule has 5 rings (SSSR count). The summed E-state index contributed by atoms with van der Waals surface area (Å²) in [6.45, 7) is 4.81. The molecule has 2 aliphatic rings. The number of imide groups is 1. The van der Waals surface area contributed by atoms with Gasteiger partial charge in [-0.25, -0.2) is 14.1 Å². The van der Waals surface area contributed by atoms with E-state index in [1.807, 2.05) is 38.2 Å². The van der Waals surface area contributed by atoms with Crippen molar-refractivity contribution in [2.24, 2.45) is 5.41 Å². The standard InChI is InChI=1S/C24H23FN4O3/c1-24(2)13-27(21(30)16-3-8-19-15(11-16)9-10-26-19)12-20-22(31)29(23(32)28(20)14-24)18-6-4-17(25)5-7-18/h3-11,20,26H,12-14H2,1-2H3. The number of benzene rings is 2. The molecule has 2 saturated heterocycles. The topological polar surface area (TPSA) is 76.7 Å². The number of hydrogen-bond donors (Lipinski definition) is 1. The van der Waals surface area contributed by atoms with Crippen molar-refractivity contribution in [3.8, 4) is 0 Å². The second-order valence-corrected chi connectivity index (χ2v) is 9.21. The van der Waals surface area contributed by atoms with Crippen LogP contribution in [0.5, 0.6) is 0 Å². The number of nitrogens with one attached hydrogen (secondary N) is 1. The van der Waals surface area contributed by atoms with Gasteiger partial charge in [0.15, 0.2) is 0 Å². The summed E-state index contributed by atoms with van der Waals surface area (Å²) in [4.78, 5) is 47.3. The van der Waals surface area contributed by atoms with Gasteiger partial charge in [-0.15, -0.1) is 0 Å². The monoisotopic (exact) mass is 434 g/mol. The van der Waals surface area contributed by atoms with E-state index in [0.29, 0.717) is 24.3 Å². The molecule has 3 aromatic rings. The lowest BCUT2D eigenvalue weighted by molar-refractivity contribution is -0.119. The SMILES string of the molecule is CC1(C)CN(C(=O)c2ccc3[nH]ccc3c2)CC2C(=O)N(c3ccc(F)cc3)C(=O)N2C1. The number of hydrogen-bond acceptors (Lipinski definition) is 3. The van der Waals surface area contributed by atoms with Gasteiger partial charge >= 0.3 is 6.03 Å². The lowest BCUT2D eigenvalue weighted by atomic mass is 9.92. The maximum Gasteiger partial charge on any atom is 0.332 e. The number of amides is 4. The quantitative estimate of drug-likeness (QED) is 0.626. The van der Waals surface area contributed by atoms with Crippen LogP contribution in [-0.2, 0) is 4.79 Å². The number of urea groups is 1. The van der Waals surface area contributed by atoms with Gasteiger partial charge in [0.1, 0.15) is 11.9 Å². The minimum Gasteiger partial charge on any atom is -0.361 e. The molecule has 0 aliphatic carbocycles. The Labute approximate surface area is 184 Å². The van der Waals surface area contributed by atoms with Gasteiger partial charge in [-0.05, 0) is 48.5 Å². The molecule has 32 heavy (non-hydrogen) atoms. The third-order valence-electron chi connectivity index (χ3n) is 6.10. The maximum absolute atomic E-state index is 13.4. The van der Waals surface area contributed by atoms with Crippen LogP contribution in [0.4, 0.5) is 14.9 Å². The van der Waals surface area contributed by atoms with Crippen LogP contribution in [0.3, 0.4) is 0 Å². The fourth-order valence-corrected chi connectivity index (χ4v) is 4.65. The van der Waals surface area contributed by atoms with E-state index in [1.165, 1.54) is 29.2 Å². The molecule has 0 saturated carbocycles. The predicted octanol–water partition coefficient (Wildman–Crippen LogP) is 3.63. The predicted molar refractivity (Wildman–Crippen MR) is 118 cm³/mol. The Morgan fingerprint density at radius 3 is 2.56 bits per heavy atom. The summed E-state index contributed by atoms with van der Waals surface area (Å²) in [5.74, 6) is -1.03. The molecule has 2 aromatic carbocycles. The first kappa shape index (κ1) is 20.2. The molecule has 7 nitrogen and oxygen atoms in total. The molecule has 4 amide bonds. The summed E-state index contributed by atoms with van der Waals surface area (Å²) < 4.78 is 13.4. The lowest BCUT2D eigenvalue weighted by Gasteiger charge is -2.30. The van der Waals surface area contributed by atoms with Crippen LogP contribution < -0.4 is 4.90 Å². The van der Waals surface area contributed by atoms with Crippen molar-refractivity contribution in [3.63, 3.8) is 0 Å². The Morgan fingerprint density at radius 2 is 1.81 bits per heavy atom. The molecule has 0 spiro atoms. The average Bonchev–Trinajstić information content (AvgIpc) is 3.26. The Hall–Kier alpha value is -3.68. The van der Waals surface area contributed by atoms with E-state index in [4.69, 9.17) is 0 Å². The zero-order valence-electron chi connectivity index (χ0n) is 17.8. The van der Waals surface area contributed by atoms with E-state index in [-0.39, 0.29) is 12.5 Å². The normalized spacial score (nSPS) is 20.6. The number of anilines is 1. The second kappa shape index (κ2) is 7.19. The minimum atomic E-state index is -0.783. The molecule has 0 bridgehead atoms. The average molecular weight is 434 g/mol. The number of carbonyl (C=O) groups excluding carboxylic acids is 3. The number of halogens is 1. The molecule has 1 aromatic heterocycles.